The summed E-state index contributed by atoms with van der Waals surface area (Å²) < 4.78 is 22.6. The zero-order valence-corrected chi connectivity index (χ0v) is 39.6. The van der Waals surface area contributed by atoms with E-state index in [9.17, 15) is 45.6 Å². The van der Waals surface area contributed by atoms with Crippen LogP contribution < -0.4 is 5.32 Å². The molecule has 0 bridgehead atoms. The van der Waals surface area contributed by atoms with Crippen LogP contribution >= 0.6 is 0 Å². The predicted octanol–water partition coefficient (Wildman–Crippen LogP) is 6.61. The number of amides is 1. The second-order valence-corrected chi connectivity index (χ2v) is 18.7. The minimum Gasteiger partial charge on any atom is -0.394 e. The maximum atomic E-state index is 13.0. The predicted molar refractivity (Wildman–Crippen MR) is 245 cm³/mol. The van der Waals surface area contributed by atoms with Crippen LogP contribution in [0, 0.1) is 0 Å². The van der Waals surface area contributed by atoms with Gasteiger partial charge in [0.05, 0.1) is 32.0 Å². The van der Waals surface area contributed by atoms with E-state index in [2.05, 4.69) is 19.2 Å². The molecule has 374 valence electrons. The van der Waals surface area contributed by atoms with Crippen molar-refractivity contribution < 1.29 is 64.6 Å². The summed E-state index contributed by atoms with van der Waals surface area (Å²) in [5, 5.41) is 86.2. The maximum Gasteiger partial charge on any atom is 0.220 e. The van der Waals surface area contributed by atoms with Gasteiger partial charge in [0.15, 0.2) is 12.6 Å². The van der Waals surface area contributed by atoms with Gasteiger partial charge in [-0.05, 0) is 12.8 Å². The summed E-state index contributed by atoms with van der Waals surface area (Å²) in [4.78, 5) is 13.0. The molecule has 0 aromatic carbocycles. The Morgan fingerprint density at radius 3 is 1.35 bits per heavy atom. The second-order valence-electron chi connectivity index (χ2n) is 18.7. The van der Waals surface area contributed by atoms with Crippen LogP contribution in [0.5, 0.6) is 0 Å². The summed E-state index contributed by atoms with van der Waals surface area (Å²) in [6.45, 7) is 2.73. The minimum absolute atomic E-state index is 0.211. The van der Waals surface area contributed by atoms with Crippen molar-refractivity contribution in [2.24, 2.45) is 0 Å². The van der Waals surface area contributed by atoms with Crippen LogP contribution in [0.3, 0.4) is 0 Å². The van der Waals surface area contributed by atoms with Gasteiger partial charge in [-0.1, -0.05) is 194 Å². The molecular weight excluding hydrogens is 811 g/mol. The molecule has 2 aliphatic rings. The van der Waals surface area contributed by atoms with Gasteiger partial charge >= 0.3 is 0 Å². The Labute approximate surface area is 381 Å². The summed E-state index contributed by atoms with van der Waals surface area (Å²) in [6.07, 6.45) is 20.7. The average molecular weight is 906 g/mol. The summed E-state index contributed by atoms with van der Waals surface area (Å²) in [5.74, 6) is -0.211. The number of rotatable bonds is 40. The second kappa shape index (κ2) is 37.0. The number of hydrogen-bond acceptors (Lipinski definition) is 13. The molecule has 2 rings (SSSR count). The molecule has 0 aromatic rings. The van der Waals surface area contributed by atoms with Gasteiger partial charge in [-0.15, -0.1) is 0 Å². The van der Waals surface area contributed by atoms with E-state index in [4.69, 9.17) is 18.9 Å². The Bertz CT molecular complexity index is 1070. The lowest BCUT2D eigenvalue weighted by Gasteiger charge is -2.46. The number of carbonyl (C=O) groups excluding carboxylic acids is 1. The molecule has 0 aliphatic carbocycles. The van der Waals surface area contributed by atoms with Gasteiger partial charge in [0, 0.05) is 6.42 Å². The largest absolute Gasteiger partial charge is 0.394 e. The van der Waals surface area contributed by atoms with Crippen LogP contribution in [-0.2, 0) is 23.7 Å². The van der Waals surface area contributed by atoms with Crippen molar-refractivity contribution in [2.45, 2.75) is 286 Å². The van der Waals surface area contributed by atoms with Gasteiger partial charge < -0.3 is 65.1 Å². The molecule has 0 aromatic heterocycles. The van der Waals surface area contributed by atoms with E-state index in [0.29, 0.717) is 12.8 Å². The van der Waals surface area contributed by atoms with Crippen molar-refractivity contribution in [2.75, 3.05) is 19.8 Å². The molecule has 2 fully saturated rings. The fraction of sp³-hybridized carbons (Fsp3) is 0.980. The molecule has 9 N–H and O–H groups in total. The zero-order valence-electron chi connectivity index (χ0n) is 39.6. The van der Waals surface area contributed by atoms with Gasteiger partial charge in [-0.3, -0.25) is 4.79 Å². The van der Waals surface area contributed by atoms with Crippen molar-refractivity contribution >= 4 is 5.91 Å². The highest BCUT2D eigenvalue weighted by Gasteiger charge is 2.51. The van der Waals surface area contributed by atoms with Gasteiger partial charge in [0.1, 0.15) is 48.8 Å². The summed E-state index contributed by atoms with van der Waals surface area (Å²) in [5.41, 5.74) is 0. The Morgan fingerprint density at radius 2 is 0.905 bits per heavy atom. The third kappa shape index (κ3) is 24.5. The van der Waals surface area contributed by atoms with Crippen LogP contribution in [-0.4, -0.2) is 140 Å². The number of hydrogen-bond donors (Lipinski definition) is 9. The standard InChI is InChI=1S/C49H95NO13/c1-3-5-7-9-10-11-12-13-14-15-16-17-18-19-20-21-22-23-24-25-26-27-28-29-31-33-41(54)50-37(38(53)32-30-8-6-4-2)36-60-48-46(59)44(57)47(40(35-52)62-48)63-49-45(58)43(56)42(55)39(34-51)61-49/h37-40,42-49,51-53,55-59H,3-36H2,1-2H3,(H,50,54). The number of nitrogens with one attached hydrogen (secondary N) is 1. The van der Waals surface area contributed by atoms with Crippen molar-refractivity contribution in [1.29, 1.82) is 0 Å². The van der Waals surface area contributed by atoms with E-state index >= 15 is 0 Å². The molecule has 2 heterocycles. The van der Waals surface area contributed by atoms with Gasteiger partial charge in [-0.2, -0.15) is 0 Å². The van der Waals surface area contributed by atoms with Crippen molar-refractivity contribution in [1.82, 2.24) is 5.32 Å². The third-order valence-corrected chi connectivity index (χ3v) is 13.1. The number of aliphatic hydroxyl groups is 8. The lowest BCUT2D eigenvalue weighted by atomic mass is 9.97. The van der Waals surface area contributed by atoms with Crippen LogP contribution in [0.25, 0.3) is 0 Å². The Balaban J connectivity index is 1.61. The SMILES string of the molecule is CCCCCCCCCCCCCCCCCCCCCCCCCCCC(=O)NC(COC1OC(CO)C(OC2OC(CO)C(O)C(O)C2O)C(O)C1O)C(O)CCCCCC. The van der Waals surface area contributed by atoms with Crippen LogP contribution in [0.4, 0.5) is 0 Å². The molecule has 63 heavy (non-hydrogen) atoms. The molecule has 14 nitrogen and oxygen atoms in total. The fourth-order valence-corrected chi connectivity index (χ4v) is 8.83. The fourth-order valence-electron chi connectivity index (χ4n) is 8.83. The van der Waals surface area contributed by atoms with Crippen LogP contribution in [0.1, 0.15) is 213 Å². The van der Waals surface area contributed by atoms with Crippen molar-refractivity contribution in [3.8, 4) is 0 Å². The number of unbranched alkanes of at least 4 members (excludes halogenated alkanes) is 27. The van der Waals surface area contributed by atoms with Crippen molar-refractivity contribution in [3.63, 3.8) is 0 Å². The van der Waals surface area contributed by atoms with Crippen LogP contribution in [0.15, 0.2) is 0 Å². The van der Waals surface area contributed by atoms with E-state index in [1.54, 1.807) is 0 Å². The molecular formula is C49H95NO13. The van der Waals surface area contributed by atoms with E-state index in [1.165, 1.54) is 135 Å². The molecule has 0 radical (unpaired) electrons. The zero-order chi connectivity index (χ0) is 46.1. The van der Waals surface area contributed by atoms with E-state index in [-0.39, 0.29) is 12.5 Å². The molecule has 14 heteroatoms. The topological polar surface area (TPSA) is 228 Å². The van der Waals surface area contributed by atoms with Gasteiger partial charge in [-0.25, -0.2) is 0 Å². The lowest BCUT2D eigenvalue weighted by molar-refractivity contribution is -0.359. The average Bonchev–Trinajstić information content (AvgIpc) is 3.28. The summed E-state index contributed by atoms with van der Waals surface area (Å²) in [6, 6.07) is -0.818. The first-order valence-corrected chi connectivity index (χ1v) is 25.8. The molecule has 1 amide bonds. The molecule has 2 saturated heterocycles. The number of aliphatic hydroxyl groups excluding tert-OH is 8. The first kappa shape index (κ1) is 58.1. The lowest BCUT2D eigenvalue weighted by Crippen LogP contribution is -2.65. The molecule has 12 atom stereocenters. The van der Waals surface area contributed by atoms with E-state index in [1.807, 2.05) is 0 Å². The highest BCUT2D eigenvalue weighted by Crippen LogP contribution is 2.30. The smallest absolute Gasteiger partial charge is 0.220 e. The molecule has 2 aliphatic heterocycles. The van der Waals surface area contributed by atoms with Gasteiger partial charge in [0.25, 0.3) is 0 Å². The number of ether oxygens (including phenoxy) is 4. The van der Waals surface area contributed by atoms with Gasteiger partial charge in [0.2, 0.25) is 5.91 Å². The Kier molecular flexibility index (Phi) is 34.2. The molecule has 0 saturated carbocycles. The quantitative estimate of drug-likeness (QED) is 0.0296. The monoisotopic (exact) mass is 906 g/mol. The molecule has 12 unspecified atom stereocenters. The first-order valence-electron chi connectivity index (χ1n) is 25.8. The van der Waals surface area contributed by atoms with E-state index < -0.39 is 86.8 Å². The summed E-state index contributed by atoms with van der Waals surface area (Å²) in [7, 11) is 0. The minimum atomic E-state index is -1.78. The van der Waals surface area contributed by atoms with E-state index in [0.717, 1.165) is 51.4 Å². The van der Waals surface area contributed by atoms with Crippen molar-refractivity contribution in [3.05, 3.63) is 0 Å². The third-order valence-electron chi connectivity index (χ3n) is 13.1. The highest BCUT2D eigenvalue weighted by molar-refractivity contribution is 5.76. The normalized spacial score (nSPS) is 27.4. The van der Waals surface area contributed by atoms with Crippen LogP contribution in [0.2, 0.25) is 0 Å². The summed E-state index contributed by atoms with van der Waals surface area (Å²) >= 11 is 0. The first-order chi connectivity index (χ1) is 30.6. The number of carbonyl (C=O) groups is 1. The highest BCUT2D eigenvalue weighted by atomic mass is 16.7. The maximum absolute atomic E-state index is 13.0. The molecule has 0 spiro atoms. The Morgan fingerprint density at radius 1 is 0.508 bits per heavy atom. The Hall–Kier alpha value is -1.01.